The van der Waals surface area contributed by atoms with Gasteiger partial charge in [-0.05, 0) is 44.1 Å². The van der Waals surface area contributed by atoms with Crippen LogP contribution in [0.25, 0.3) is 16.8 Å². The Morgan fingerprint density at radius 3 is 3.00 bits per heavy atom. The number of anilines is 1. The number of hydrogen-bond acceptors (Lipinski definition) is 6. The number of imidazole rings is 1. The lowest BCUT2D eigenvalue weighted by Gasteiger charge is -2.32. The van der Waals surface area contributed by atoms with Crippen molar-refractivity contribution in [2.75, 3.05) is 25.0 Å². The lowest BCUT2D eigenvalue weighted by Crippen LogP contribution is -2.42. The molecular weight excluding hydrogens is 402 g/mol. The molecule has 1 aliphatic rings. The van der Waals surface area contributed by atoms with Gasteiger partial charge in [0.25, 0.3) is 0 Å². The molecule has 4 rings (SSSR count). The molecule has 3 heterocycles. The molecule has 10 heteroatoms. The summed E-state index contributed by atoms with van der Waals surface area (Å²) in [6.45, 7) is 2.21. The van der Waals surface area contributed by atoms with Crippen LogP contribution in [0.5, 0.6) is 5.75 Å². The number of ether oxygens (including phenoxy) is 1. The molecule has 0 bridgehead atoms. The standard InChI is InChI=1S/C19H21ClF2N6O/c1-2-27-7-3-4-13(10-27)24-19-26-25-17(15-9-23-11-28(15)19)14-6-5-12(20)8-16(14)29-18(21)22/h5-6,8-9,11,13,18H,2-4,7,10H2,1H3,(H,24,26). The van der Waals surface area contributed by atoms with Crippen molar-refractivity contribution in [3.8, 4) is 17.0 Å². The summed E-state index contributed by atoms with van der Waals surface area (Å²) in [6, 6.07) is 4.77. The molecule has 0 amide bonds. The third-order valence-corrected chi connectivity index (χ3v) is 5.29. The molecule has 0 radical (unpaired) electrons. The Hall–Kier alpha value is -2.52. The van der Waals surface area contributed by atoms with E-state index in [0.717, 1.165) is 32.5 Å². The van der Waals surface area contributed by atoms with Crippen molar-refractivity contribution in [1.29, 1.82) is 0 Å². The zero-order valence-corrected chi connectivity index (χ0v) is 16.6. The van der Waals surface area contributed by atoms with Crippen molar-refractivity contribution in [3.05, 3.63) is 35.7 Å². The summed E-state index contributed by atoms with van der Waals surface area (Å²) in [4.78, 5) is 6.58. The van der Waals surface area contributed by atoms with Gasteiger partial charge in [-0.25, -0.2) is 4.98 Å². The summed E-state index contributed by atoms with van der Waals surface area (Å²) in [5.41, 5.74) is 1.39. The largest absolute Gasteiger partial charge is 0.434 e. The van der Waals surface area contributed by atoms with E-state index in [4.69, 9.17) is 11.6 Å². The maximum atomic E-state index is 12.9. The summed E-state index contributed by atoms with van der Waals surface area (Å²) < 4.78 is 32.1. The molecule has 0 aliphatic carbocycles. The zero-order valence-electron chi connectivity index (χ0n) is 15.9. The molecule has 1 unspecified atom stereocenters. The third kappa shape index (κ3) is 4.25. The topological polar surface area (TPSA) is 67.6 Å². The number of piperidine rings is 1. The first-order chi connectivity index (χ1) is 14.0. The number of alkyl halides is 2. The Bertz CT molecular complexity index is 998. The van der Waals surface area contributed by atoms with Crippen LogP contribution in [0.3, 0.4) is 0 Å². The van der Waals surface area contributed by atoms with Crippen molar-refractivity contribution in [2.24, 2.45) is 0 Å². The highest BCUT2D eigenvalue weighted by molar-refractivity contribution is 6.30. The van der Waals surface area contributed by atoms with Gasteiger partial charge in [0, 0.05) is 23.2 Å². The Labute approximate surface area is 171 Å². The monoisotopic (exact) mass is 422 g/mol. The fourth-order valence-electron chi connectivity index (χ4n) is 3.65. The van der Waals surface area contributed by atoms with E-state index in [1.54, 1.807) is 29.1 Å². The van der Waals surface area contributed by atoms with Gasteiger partial charge >= 0.3 is 6.61 Å². The number of nitrogens with zero attached hydrogens (tertiary/aromatic N) is 5. The zero-order chi connectivity index (χ0) is 20.4. The van der Waals surface area contributed by atoms with E-state index in [1.165, 1.54) is 6.07 Å². The van der Waals surface area contributed by atoms with Gasteiger partial charge in [-0.1, -0.05) is 18.5 Å². The Kier molecular flexibility index (Phi) is 5.77. The maximum Gasteiger partial charge on any atom is 0.387 e. The van der Waals surface area contributed by atoms with Crippen molar-refractivity contribution in [1.82, 2.24) is 24.5 Å². The average molecular weight is 423 g/mol. The van der Waals surface area contributed by atoms with Crippen LogP contribution in [-0.4, -0.2) is 56.8 Å². The minimum atomic E-state index is -2.98. The Morgan fingerprint density at radius 1 is 1.34 bits per heavy atom. The van der Waals surface area contributed by atoms with Gasteiger partial charge in [-0.3, -0.25) is 4.40 Å². The van der Waals surface area contributed by atoms with E-state index in [0.29, 0.717) is 22.7 Å². The molecule has 0 spiro atoms. The highest BCUT2D eigenvalue weighted by Gasteiger charge is 2.22. The van der Waals surface area contributed by atoms with Crippen LogP contribution in [0.2, 0.25) is 5.02 Å². The summed E-state index contributed by atoms with van der Waals surface area (Å²) >= 11 is 5.95. The number of nitrogens with one attached hydrogen (secondary N) is 1. The maximum absolute atomic E-state index is 12.9. The molecule has 7 nitrogen and oxygen atoms in total. The summed E-state index contributed by atoms with van der Waals surface area (Å²) in [7, 11) is 0. The molecule has 1 saturated heterocycles. The van der Waals surface area contributed by atoms with Crippen LogP contribution in [0, 0.1) is 0 Å². The fourth-order valence-corrected chi connectivity index (χ4v) is 3.82. The van der Waals surface area contributed by atoms with Gasteiger partial charge in [0.1, 0.15) is 17.8 Å². The minimum absolute atomic E-state index is 0.0588. The summed E-state index contributed by atoms with van der Waals surface area (Å²) in [6.07, 6.45) is 5.40. The number of fused-ring (bicyclic) bond motifs is 1. The predicted octanol–water partition coefficient (Wildman–Crippen LogP) is 3.94. The first kappa shape index (κ1) is 19.8. The number of rotatable bonds is 6. The Morgan fingerprint density at radius 2 is 2.21 bits per heavy atom. The van der Waals surface area contributed by atoms with Crippen LogP contribution in [0.1, 0.15) is 19.8 Å². The number of aromatic nitrogens is 4. The highest BCUT2D eigenvalue weighted by Crippen LogP contribution is 2.35. The molecule has 1 aromatic carbocycles. The summed E-state index contributed by atoms with van der Waals surface area (Å²) in [5, 5.41) is 12.3. The second-order valence-electron chi connectivity index (χ2n) is 6.92. The van der Waals surface area contributed by atoms with Crippen LogP contribution in [-0.2, 0) is 0 Å². The van der Waals surface area contributed by atoms with E-state index >= 15 is 0 Å². The fraction of sp³-hybridized carbons (Fsp3) is 0.421. The van der Waals surface area contributed by atoms with E-state index < -0.39 is 6.61 Å². The van der Waals surface area contributed by atoms with Gasteiger partial charge < -0.3 is 15.0 Å². The summed E-state index contributed by atoms with van der Waals surface area (Å²) in [5.74, 6) is 0.506. The SMILES string of the molecule is CCN1CCCC(Nc2nnc(-c3ccc(Cl)cc3OC(F)F)c3cncn23)C1. The van der Waals surface area contributed by atoms with Crippen molar-refractivity contribution in [3.63, 3.8) is 0 Å². The number of halogens is 3. The van der Waals surface area contributed by atoms with Crippen molar-refractivity contribution in [2.45, 2.75) is 32.4 Å². The van der Waals surface area contributed by atoms with Gasteiger partial charge in [0.2, 0.25) is 5.95 Å². The smallest absolute Gasteiger partial charge is 0.387 e. The van der Waals surface area contributed by atoms with Crippen LogP contribution in [0.15, 0.2) is 30.7 Å². The first-order valence-corrected chi connectivity index (χ1v) is 9.85. The molecule has 1 aliphatic heterocycles. The first-order valence-electron chi connectivity index (χ1n) is 9.47. The molecule has 3 aromatic rings. The number of likely N-dealkylation sites (tertiary alicyclic amines) is 1. The van der Waals surface area contributed by atoms with Gasteiger partial charge in [-0.15, -0.1) is 10.2 Å². The number of benzene rings is 1. The van der Waals surface area contributed by atoms with Gasteiger partial charge in [0.05, 0.1) is 11.7 Å². The quantitative estimate of drug-likeness (QED) is 0.649. The van der Waals surface area contributed by atoms with Gasteiger partial charge in [-0.2, -0.15) is 8.78 Å². The van der Waals surface area contributed by atoms with Crippen molar-refractivity contribution >= 4 is 23.1 Å². The second-order valence-corrected chi connectivity index (χ2v) is 7.35. The molecule has 0 saturated carbocycles. The number of likely N-dealkylation sites (N-methyl/N-ethyl adjacent to an activating group) is 1. The molecule has 29 heavy (non-hydrogen) atoms. The average Bonchev–Trinajstić information content (AvgIpc) is 3.19. The van der Waals surface area contributed by atoms with E-state index in [-0.39, 0.29) is 16.8 Å². The lowest BCUT2D eigenvalue weighted by molar-refractivity contribution is -0.0494. The van der Waals surface area contributed by atoms with Crippen LogP contribution >= 0.6 is 11.6 Å². The normalized spacial score (nSPS) is 17.8. The van der Waals surface area contributed by atoms with E-state index in [1.807, 2.05) is 0 Å². The molecule has 1 fully saturated rings. The van der Waals surface area contributed by atoms with E-state index in [2.05, 4.69) is 37.1 Å². The molecule has 154 valence electrons. The number of hydrogen-bond donors (Lipinski definition) is 1. The molecule has 1 N–H and O–H groups in total. The minimum Gasteiger partial charge on any atom is -0.434 e. The second kappa shape index (κ2) is 8.46. The molecule has 1 atom stereocenters. The molecular formula is C19H21ClF2N6O. The van der Waals surface area contributed by atoms with Gasteiger partial charge in [0.15, 0.2) is 0 Å². The van der Waals surface area contributed by atoms with E-state index in [9.17, 15) is 8.78 Å². The Balaban J connectivity index is 1.69. The third-order valence-electron chi connectivity index (χ3n) is 5.05. The predicted molar refractivity (Wildman–Crippen MR) is 107 cm³/mol. The van der Waals surface area contributed by atoms with Crippen LogP contribution < -0.4 is 10.1 Å². The highest BCUT2D eigenvalue weighted by atomic mass is 35.5. The van der Waals surface area contributed by atoms with Crippen LogP contribution in [0.4, 0.5) is 14.7 Å². The van der Waals surface area contributed by atoms with Crippen molar-refractivity contribution < 1.29 is 13.5 Å². The lowest BCUT2D eigenvalue weighted by atomic mass is 10.1. The molecule has 2 aromatic heterocycles.